The molecule has 0 aliphatic heterocycles. The summed E-state index contributed by atoms with van der Waals surface area (Å²) in [5, 5.41) is 3.19. The number of hydrogen-bond donors (Lipinski definition) is 1. The van der Waals surface area contributed by atoms with Gasteiger partial charge in [0.25, 0.3) is 0 Å². The van der Waals surface area contributed by atoms with E-state index in [1.54, 1.807) is 19.5 Å². The summed E-state index contributed by atoms with van der Waals surface area (Å²) in [6.45, 7) is 0.673. The Balaban J connectivity index is 2.01. The standard InChI is InChI=1S/C13H14ClN3O/c1-18-13-9-15-8-12(17-13)16-7-11-4-2-3-10(5-11)6-14/h2-5,8-9H,6-7H2,1H3,(H,16,17). The number of nitrogens with one attached hydrogen (secondary N) is 1. The van der Waals surface area contributed by atoms with Gasteiger partial charge >= 0.3 is 0 Å². The van der Waals surface area contributed by atoms with Crippen LogP contribution in [0.15, 0.2) is 36.7 Å². The van der Waals surface area contributed by atoms with E-state index in [2.05, 4.69) is 21.4 Å². The molecule has 0 saturated carbocycles. The summed E-state index contributed by atoms with van der Waals surface area (Å²) < 4.78 is 5.01. The van der Waals surface area contributed by atoms with Gasteiger partial charge in [0, 0.05) is 12.4 Å². The number of ether oxygens (including phenoxy) is 1. The third-order valence-electron chi connectivity index (χ3n) is 2.44. The highest BCUT2D eigenvalue weighted by Crippen LogP contribution is 2.12. The Morgan fingerprint density at radius 2 is 2.11 bits per heavy atom. The average molecular weight is 264 g/mol. The minimum atomic E-state index is 0.495. The molecule has 0 aliphatic rings. The highest BCUT2D eigenvalue weighted by Gasteiger charge is 1.99. The quantitative estimate of drug-likeness (QED) is 0.843. The van der Waals surface area contributed by atoms with E-state index in [4.69, 9.17) is 16.3 Å². The summed E-state index contributed by atoms with van der Waals surface area (Å²) in [5.41, 5.74) is 2.26. The van der Waals surface area contributed by atoms with Crippen molar-refractivity contribution in [2.45, 2.75) is 12.4 Å². The van der Waals surface area contributed by atoms with Crippen LogP contribution in [0.4, 0.5) is 5.82 Å². The summed E-state index contributed by atoms with van der Waals surface area (Å²) in [6, 6.07) is 8.10. The number of anilines is 1. The molecule has 5 heteroatoms. The van der Waals surface area contributed by atoms with Crippen molar-refractivity contribution in [3.05, 3.63) is 47.8 Å². The first-order chi connectivity index (χ1) is 8.81. The molecule has 0 amide bonds. The molecule has 0 aliphatic carbocycles. The van der Waals surface area contributed by atoms with E-state index in [-0.39, 0.29) is 0 Å². The van der Waals surface area contributed by atoms with E-state index >= 15 is 0 Å². The first-order valence-electron chi connectivity index (χ1n) is 5.55. The Kier molecular flexibility index (Phi) is 4.36. The fraction of sp³-hybridized carbons (Fsp3) is 0.231. The van der Waals surface area contributed by atoms with E-state index in [0.29, 0.717) is 24.1 Å². The molecular weight excluding hydrogens is 250 g/mol. The van der Waals surface area contributed by atoms with Crippen molar-refractivity contribution >= 4 is 17.4 Å². The number of nitrogens with zero attached hydrogens (tertiary/aromatic N) is 2. The molecule has 1 heterocycles. The van der Waals surface area contributed by atoms with Crippen LogP contribution in [0.3, 0.4) is 0 Å². The zero-order chi connectivity index (χ0) is 12.8. The van der Waals surface area contributed by atoms with E-state index in [1.807, 2.05) is 18.2 Å². The van der Waals surface area contributed by atoms with Gasteiger partial charge in [0.1, 0.15) is 5.82 Å². The molecule has 1 N–H and O–H groups in total. The Hall–Kier alpha value is -1.81. The molecule has 94 valence electrons. The van der Waals surface area contributed by atoms with Gasteiger partial charge in [0.15, 0.2) is 0 Å². The van der Waals surface area contributed by atoms with Crippen molar-refractivity contribution < 1.29 is 4.74 Å². The molecule has 18 heavy (non-hydrogen) atoms. The Bertz CT molecular complexity index is 472. The molecule has 1 aromatic carbocycles. The lowest BCUT2D eigenvalue weighted by molar-refractivity contribution is 0.396. The number of methoxy groups -OCH3 is 1. The number of hydrogen-bond acceptors (Lipinski definition) is 4. The third kappa shape index (κ3) is 3.34. The highest BCUT2D eigenvalue weighted by atomic mass is 35.5. The van der Waals surface area contributed by atoms with Crippen LogP contribution in [0.1, 0.15) is 11.1 Å². The fourth-order valence-corrected chi connectivity index (χ4v) is 1.71. The van der Waals surface area contributed by atoms with Gasteiger partial charge in [-0.3, -0.25) is 4.98 Å². The SMILES string of the molecule is COc1cncc(NCc2cccc(CCl)c2)n1. The molecular formula is C13H14ClN3O. The van der Waals surface area contributed by atoms with Crippen molar-refractivity contribution in [1.82, 2.24) is 9.97 Å². The van der Waals surface area contributed by atoms with E-state index in [1.165, 1.54) is 0 Å². The van der Waals surface area contributed by atoms with Crippen molar-refractivity contribution in [2.24, 2.45) is 0 Å². The molecule has 1 aromatic heterocycles. The maximum absolute atomic E-state index is 5.80. The summed E-state index contributed by atoms with van der Waals surface area (Å²) in [5.74, 6) is 1.70. The Morgan fingerprint density at radius 3 is 2.89 bits per heavy atom. The minimum absolute atomic E-state index is 0.495. The van der Waals surface area contributed by atoms with Crippen LogP contribution in [0.2, 0.25) is 0 Å². The maximum Gasteiger partial charge on any atom is 0.233 e. The van der Waals surface area contributed by atoms with E-state index in [9.17, 15) is 0 Å². The smallest absolute Gasteiger partial charge is 0.233 e. The lowest BCUT2D eigenvalue weighted by Crippen LogP contribution is -2.03. The first kappa shape index (κ1) is 12.6. The van der Waals surface area contributed by atoms with Gasteiger partial charge in [-0.25, -0.2) is 0 Å². The molecule has 0 atom stereocenters. The summed E-state index contributed by atoms with van der Waals surface area (Å²) in [6.07, 6.45) is 3.23. The molecule has 0 bridgehead atoms. The molecule has 0 unspecified atom stereocenters. The topological polar surface area (TPSA) is 47.0 Å². The second-order valence-corrected chi connectivity index (χ2v) is 4.02. The number of benzene rings is 1. The fourth-order valence-electron chi connectivity index (χ4n) is 1.55. The molecule has 0 radical (unpaired) electrons. The van der Waals surface area contributed by atoms with E-state index < -0.39 is 0 Å². The zero-order valence-corrected chi connectivity index (χ0v) is 10.8. The van der Waals surface area contributed by atoms with Crippen LogP contribution in [-0.2, 0) is 12.4 Å². The van der Waals surface area contributed by atoms with Crippen molar-refractivity contribution in [1.29, 1.82) is 0 Å². The molecule has 0 fully saturated rings. The first-order valence-corrected chi connectivity index (χ1v) is 6.09. The van der Waals surface area contributed by atoms with Crippen LogP contribution >= 0.6 is 11.6 Å². The monoisotopic (exact) mass is 263 g/mol. The van der Waals surface area contributed by atoms with Crippen LogP contribution in [-0.4, -0.2) is 17.1 Å². The van der Waals surface area contributed by atoms with Crippen molar-refractivity contribution in [2.75, 3.05) is 12.4 Å². The summed E-state index contributed by atoms with van der Waals surface area (Å²) in [4.78, 5) is 8.26. The predicted molar refractivity (Wildman–Crippen MR) is 71.9 cm³/mol. The zero-order valence-electron chi connectivity index (χ0n) is 10.1. The third-order valence-corrected chi connectivity index (χ3v) is 2.75. The van der Waals surface area contributed by atoms with Gasteiger partial charge in [-0.05, 0) is 11.1 Å². The molecule has 2 rings (SSSR count). The predicted octanol–water partition coefficient (Wildman–Crippen LogP) is 2.84. The van der Waals surface area contributed by atoms with Gasteiger partial charge in [-0.15, -0.1) is 11.6 Å². The Morgan fingerprint density at radius 1 is 1.28 bits per heavy atom. The molecule has 4 nitrogen and oxygen atoms in total. The maximum atomic E-state index is 5.80. The lowest BCUT2D eigenvalue weighted by Gasteiger charge is -2.07. The van der Waals surface area contributed by atoms with Crippen LogP contribution in [0.25, 0.3) is 0 Å². The number of halogens is 1. The summed E-state index contributed by atoms with van der Waals surface area (Å²) in [7, 11) is 1.57. The molecule has 0 saturated heterocycles. The van der Waals surface area contributed by atoms with Crippen LogP contribution in [0, 0.1) is 0 Å². The second-order valence-electron chi connectivity index (χ2n) is 3.75. The van der Waals surface area contributed by atoms with Gasteiger partial charge in [0.05, 0.1) is 19.5 Å². The molecule has 2 aromatic rings. The van der Waals surface area contributed by atoms with Gasteiger partial charge in [-0.1, -0.05) is 24.3 Å². The second kappa shape index (κ2) is 6.21. The Labute approximate surface area is 111 Å². The largest absolute Gasteiger partial charge is 0.480 e. The lowest BCUT2D eigenvalue weighted by atomic mass is 10.1. The number of rotatable bonds is 5. The number of aromatic nitrogens is 2. The van der Waals surface area contributed by atoms with Crippen LogP contribution < -0.4 is 10.1 Å². The van der Waals surface area contributed by atoms with Gasteiger partial charge in [0.2, 0.25) is 5.88 Å². The normalized spacial score (nSPS) is 10.1. The summed E-state index contributed by atoms with van der Waals surface area (Å²) >= 11 is 5.80. The molecule has 0 spiro atoms. The number of alkyl halides is 1. The highest BCUT2D eigenvalue weighted by molar-refractivity contribution is 6.17. The van der Waals surface area contributed by atoms with Crippen LogP contribution in [0.5, 0.6) is 5.88 Å². The van der Waals surface area contributed by atoms with Gasteiger partial charge in [-0.2, -0.15) is 4.98 Å². The van der Waals surface area contributed by atoms with Crippen molar-refractivity contribution in [3.8, 4) is 5.88 Å². The van der Waals surface area contributed by atoms with E-state index in [0.717, 1.165) is 11.1 Å². The van der Waals surface area contributed by atoms with Crippen molar-refractivity contribution in [3.63, 3.8) is 0 Å². The minimum Gasteiger partial charge on any atom is -0.480 e. The average Bonchev–Trinajstić information content (AvgIpc) is 2.45. The van der Waals surface area contributed by atoms with Gasteiger partial charge < -0.3 is 10.1 Å².